The van der Waals surface area contributed by atoms with Crippen molar-refractivity contribution in [2.75, 3.05) is 26.7 Å². The van der Waals surface area contributed by atoms with Crippen LogP contribution in [0.2, 0.25) is 0 Å². The molecular formula is C23H27F3N6O3. The first kappa shape index (κ1) is 24.6. The lowest BCUT2D eigenvalue weighted by atomic mass is 9.93. The van der Waals surface area contributed by atoms with Crippen molar-refractivity contribution in [1.82, 2.24) is 30.2 Å². The molecule has 3 aromatic rings. The summed E-state index contributed by atoms with van der Waals surface area (Å²) >= 11 is 0. The van der Waals surface area contributed by atoms with Crippen LogP contribution in [0.4, 0.5) is 13.2 Å². The number of aryl methyl sites for hydroxylation is 1. The van der Waals surface area contributed by atoms with Gasteiger partial charge in [-0.15, -0.1) is 0 Å². The molecule has 0 atom stereocenters. The molecule has 1 aromatic carbocycles. The van der Waals surface area contributed by atoms with E-state index in [1.54, 1.807) is 37.1 Å². The number of nitrogens with zero attached hydrogens (tertiary/aromatic N) is 4. The van der Waals surface area contributed by atoms with E-state index in [0.29, 0.717) is 60.7 Å². The third kappa shape index (κ3) is 5.25. The molecule has 0 aliphatic carbocycles. The molecule has 9 nitrogen and oxygen atoms in total. The lowest BCUT2D eigenvalue weighted by Crippen LogP contribution is -2.40. The number of H-pyrrole nitrogens is 1. The summed E-state index contributed by atoms with van der Waals surface area (Å²) in [4.78, 5) is 27.0. The van der Waals surface area contributed by atoms with Gasteiger partial charge in [0.1, 0.15) is 11.4 Å². The van der Waals surface area contributed by atoms with Crippen LogP contribution < -0.4 is 10.1 Å². The predicted octanol–water partition coefficient (Wildman–Crippen LogP) is 3.48. The maximum absolute atomic E-state index is 13.0. The topological polar surface area (TPSA) is 105 Å². The SMILES string of the molecule is CCn1nc(C(F)(F)F)cc1C(=O)N1CCC(CCNC(=O)c2n[nH]c3cc(OC)ccc23)CC1. The van der Waals surface area contributed by atoms with E-state index in [2.05, 4.69) is 20.6 Å². The number of likely N-dealkylation sites (tertiary alicyclic amines) is 1. The Bertz CT molecular complexity index is 1210. The fourth-order valence-electron chi connectivity index (χ4n) is 4.33. The number of carbonyl (C=O) groups is 2. The fraction of sp³-hybridized carbons (Fsp3) is 0.478. The van der Waals surface area contributed by atoms with Crippen LogP contribution in [0.15, 0.2) is 24.3 Å². The highest BCUT2D eigenvalue weighted by Gasteiger charge is 2.36. The van der Waals surface area contributed by atoms with Crippen molar-refractivity contribution in [2.24, 2.45) is 5.92 Å². The highest BCUT2D eigenvalue weighted by atomic mass is 19.4. The van der Waals surface area contributed by atoms with Crippen LogP contribution in [-0.2, 0) is 12.7 Å². The van der Waals surface area contributed by atoms with Crippen molar-refractivity contribution >= 4 is 22.7 Å². The first-order valence-electron chi connectivity index (χ1n) is 11.5. The molecule has 0 spiro atoms. The molecule has 1 aliphatic rings. The van der Waals surface area contributed by atoms with Gasteiger partial charge >= 0.3 is 6.18 Å². The van der Waals surface area contributed by atoms with Gasteiger partial charge < -0.3 is 15.0 Å². The first-order chi connectivity index (χ1) is 16.7. The third-order valence-corrected chi connectivity index (χ3v) is 6.31. The van der Waals surface area contributed by atoms with E-state index in [1.807, 2.05) is 0 Å². The highest BCUT2D eigenvalue weighted by molar-refractivity contribution is 6.04. The number of piperidine rings is 1. The van der Waals surface area contributed by atoms with Crippen molar-refractivity contribution in [3.63, 3.8) is 0 Å². The number of aromatic nitrogens is 4. The number of aromatic amines is 1. The molecule has 1 saturated heterocycles. The number of rotatable bonds is 7. The minimum absolute atomic E-state index is 0.0469. The Labute approximate surface area is 199 Å². The number of methoxy groups -OCH3 is 1. The van der Waals surface area contributed by atoms with Crippen LogP contribution >= 0.6 is 0 Å². The quantitative estimate of drug-likeness (QED) is 0.526. The van der Waals surface area contributed by atoms with Crippen LogP contribution in [0.25, 0.3) is 10.9 Å². The molecule has 188 valence electrons. The van der Waals surface area contributed by atoms with E-state index in [0.717, 1.165) is 17.2 Å². The molecule has 4 rings (SSSR count). The molecule has 0 radical (unpaired) electrons. The second-order valence-electron chi connectivity index (χ2n) is 8.49. The monoisotopic (exact) mass is 492 g/mol. The second-order valence-corrected chi connectivity index (χ2v) is 8.49. The Kier molecular flexibility index (Phi) is 6.99. The lowest BCUT2D eigenvalue weighted by molar-refractivity contribution is -0.141. The van der Waals surface area contributed by atoms with Gasteiger partial charge in [-0.3, -0.25) is 19.4 Å². The standard InChI is InChI=1S/C23H27F3N6O3/c1-3-32-18(13-19(30-32)23(24,25)26)22(34)31-10-7-14(8-11-31)6-9-27-21(33)20-16-5-4-15(35-2)12-17(16)28-29-20/h4-5,12-14H,3,6-11H2,1-2H3,(H,27,33)(H,28,29). The van der Waals surface area contributed by atoms with Gasteiger partial charge in [-0.2, -0.15) is 23.4 Å². The van der Waals surface area contributed by atoms with Crippen molar-refractivity contribution in [2.45, 2.75) is 38.9 Å². The van der Waals surface area contributed by atoms with E-state index >= 15 is 0 Å². The summed E-state index contributed by atoms with van der Waals surface area (Å²) in [6.45, 7) is 3.16. The Balaban J connectivity index is 1.27. The molecule has 12 heteroatoms. The minimum Gasteiger partial charge on any atom is -0.497 e. The van der Waals surface area contributed by atoms with E-state index in [9.17, 15) is 22.8 Å². The summed E-state index contributed by atoms with van der Waals surface area (Å²) < 4.78 is 45.3. The summed E-state index contributed by atoms with van der Waals surface area (Å²) in [6, 6.07) is 6.14. The summed E-state index contributed by atoms with van der Waals surface area (Å²) in [6.07, 6.45) is -2.45. The van der Waals surface area contributed by atoms with E-state index < -0.39 is 17.8 Å². The second kappa shape index (κ2) is 9.96. The van der Waals surface area contributed by atoms with Gasteiger partial charge in [-0.1, -0.05) is 0 Å². The van der Waals surface area contributed by atoms with Crippen LogP contribution in [0, 0.1) is 5.92 Å². The number of fused-ring (bicyclic) bond motifs is 1. The van der Waals surface area contributed by atoms with Crippen molar-refractivity contribution < 1.29 is 27.5 Å². The van der Waals surface area contributed by atoms with E-state index in [4.69, 9.17) is 4.74 Å². The summed E-state index contributed by atoms with van der Waals surface area (Å²) in [5.74, 6) is 0.241. The van der Waals surface area contributed by atoms with Gasteiger partial charge in [-0.25, -0.2) is 0 Å². The highest BCUT2D eigenvalue weighted by Crippen LogP contribution is 2.29. The molecule has 1 aliphatic heterocycles. The largest absolute Gasteiger partial charge is 0.497 e. The molecular weight excluding hydrogens is 465 g/mol. The molecule has 35 heavy (non-hydrogen) atoms. The number of benzene rings is 1. The molecule has 2 aromatic heterocycles. The van der Waals surface area contributed by atoms with Crippen molar-refractivity contribution in [3.8, 4) is 5.75 Å². The maximum atomic E-state index is 13.0. The lowest BCUT2D eigenvalue weighted by Gasteiger charge is -2.32. The van der Waals surface area contributed by atoms with Gasteiger partial charge in [-0.05, 0) is 44.2 Å². The summed E-state index contributed by atoms with van der Waals surface area (Å²) in [5, 5.41) is 14.1. The van der Waals surface area contributed by atoms with Crippen LogP contribution in [0.5, 0.6) is 5.75 Å². The molecule has 2 N–H and O–H groups in total. The zero-order chi connectivity index (χ0) is 25.2. The minimum atomic E-state index is -4.60. The summed E-state index contributed by atoms with van der Waals surface area (Å²) in [5.41, 5.74) is -0.0846. The molecule has 1 fully saturated rings. The number of carbonyl (C=O) groups excluding carboxylic acids is 2. The van der Waals surface area contributed by atoms with Gasteiger partial charge in [0.15, 0.2) is 11.4 Å². The third-order valence-electron chi connectivity index (χ3n) is 6.31. The average molecular weight is 493 g/mol. The Hall–Kier alpha value is -3.57. The number of alkyl halides is 3. The molecule has 0 unspecified atom stereocenters. The Morgan fingerprint density at radius 1 is 1.23 bits per heavy atom. The van der Waals surface area contributed by atoms with Gasteiger partial charge in [0.2, 0.25) is 0 Å². The molecule has 3 heterocycles. The van der Waals surface area contributed by atoms with Gasteiger partial charge in [0.25, 0.3) is 11.8 Å². The average Bonchev–Trinajstić information content (AvgIpc) is 3.48. The van der Waals surface area contributed by atoms with Gasteiger partial charge in [0, 0.05) is 43.7 Å². The first-order valence-corrected chi connectivity index (χ1v) is 11.5. The van der Waals surface area contributed by atoms with Crippen LogP contribution in [0.3, 0.4) is 0 Å². The number of hydrogen-bond acceptors (Lipinski definition) is 5. The van der Waals surface area contributed by atoms with Crippen LogP contribution in [0.1, 0.15) is 52.9 Å². The predicted molar refractivity (Wildman–Crippen MR) is 121 cm³/mol. The molecule has 0 bridgehead atoms. The zero-order valence-electron chi connectivity index (χ0n) is 19.5. The molecule has 0 saturated carbocycles. The van der Waals surface area contributed by atoms with Crippen molar-refractivity contribution in [1.29, 1.82) is 0 Å². The van der Waals surface area contributed by atoms with E-state index in [1.165, 1.54) is 0 Å². The van der Waals surface area contributed by atoms with Gasteiger partial charge in [0.05, 0.1) is 12.6 Å². The van der Waals surface area contributed by atoms with Crippen molar-refractivity contribution in [3.05, 3.63) is 41.3 Å². The molecule has 2 amide bonds. The Morgan fingerprint density at radius 2 is 1.97 bits per heavy atom. The smallest absolute Gasteiger partial charge is 0.435 e. The fourth-order valence-corrected chi connectivity index (χ4v) is 4.33. The number of amides is 2. The summed E-state index contributed by atoms with van der Waals surface area (Å²) in [7, 11) is 1.56. The number of halogens is 3. The van der Waals surface area contributed by atoms with Crippen LogP contribution in [-0.4, -0.2) is 63.4 Å². The normalized spacial score (nSPS) is 14.9. The number of ether oxygens (including phenoxy) is 1. The number of hydrogen-bond donors (Lipinski definition) is 2. The maximum Gasteiger partial charge on any atom is 0.435 e. The number of nitrogens with one attached hydrogen (secondary N) is 2. The zero-order valence-corrected chi connectivity index (χ0v) is 19.5. The Morgan fingerprint density at radius 3 is 2.63 bits per heavy atom. The van der Waals surface area contributed by atoms with E-state index in [-0.39, 0.29) is 18.1 Å².